The zero-order valence-corrected chi connectivity index (χ0v) is 9.80. The quantitative estimate of drug-likeness (QED) is 0.588. The van der Waals surface area contributed by atoms with Crippen LogP contribution in [0.3, 0.4) is 0 Å². The van der Waals surface area contributed by atoms with Crippen molar-refractivity contribution in [3.8, 4) is 0 Å². The molecule has 0 aromatic carbocycles. The molecule has 0 saturated heterocycles. The molecule has 0 aromatic heterocycles. The van der Waals surface area contributed by atoms with E-state index in [1.807, 2.05) is 0 Å². The lowest BCUT2D eigenvalue weighted by Gasteiger charge is -2.18. The summed E-state index contributed by atoms with van der Waals surface area (Å²) in [6.45, 7) is 5.01. The van der Waals surface area contributed by atoms with Crippen molar-refractivity contribution in [2.75, 3.05) is 6.54 Å². The van der Waals surface area contributed by atoms with Gasteiger partial charge in [-0.3, -0.25) is 0 Å². The van der Waals surface area contributed by atoms with Crippen LogP contribution in [0.5, 0.6) is 0 Å². The highest BCUT2D eigenvalue weighted by atomic mass is 127. The Morgan fingerprint density at radius 2 is 2.25 bits per heavy atom. The fourth-order valence-electron chi connectivity index (χ4n) is 1.10. The SMILES string of the molecule is CCCC(CNC(N)=O)C(C)I. The van der Waals surface area contributed by atoms with Crippen molar-refractivity contribution in [3.05, 3.63) is 0 Å². The maximum atomic E-state index is 10.4. The van der Waals surface area contributed by atoms with Gasteiger partial charge in [0.2, 0.25) is 0 Å². The molecule has 2 unspecified atom stereocenters. The van der Waals surface area contributed by atoms with Crippen LogP contribution in [-0.2, 0) is 0 Å². The predicted octanol–water partition coefficient (Wildman–Crippen LogP) is 1.89. The zero-order valence-electron chi connectivity index (χ0n) is 7.64. The molecule has 0 bridgehead atoms. The third kappa shape index (κ3) is 5.62. The van der Waals surface area contributed by atoms with Gasteiger partial charge >= 0.3 is 6.03 Å². The summed E-state index contributed by atoms with van der Waals surface area (Å²) in [6, 6.07) is -0.423. The number of amides is 2. The van der Waals surface area contributed by atoms with Crippen molar-refractivity contribution in [3.63, 3.8) is 0 Å². The zero-order chi connectivity index (χ0) is 9.56. The summed E-state index contributed by atoms with van der Waals surface area (Å²) < 4.78 is 0.578. The first-order valence-electron chi connectivity index (χ1n) is 4.25. The van der Waals surface area contributed by atoms with Crippen molar-refractivity contribution in [2.45, 2.75) is 30.6 Å². The van der Waals surface area contributed by atoms with Gasteiger partial charge in [-0.25, -0.2) is 4.79 Å². The molecule has 12 heavy (non-hydrogen) atoms. The molecule has 0 aliphatic carbocycles. The van der Waals surface area contributed by atoms with Crippen LogP contribution < -0.4 is 11.1 Å². The van der Waals surface area contributed by atoms with Crippen LogP contribution in [0.4, 0.5) is 4.79 Å². The summed E-state index contributed by atoms with van der Waals surface area (Å²) in [7, 11) is 0. The molecule has 3 N–H and O–H groups in total. The number of nitrogens with two attached hydrogens (primary N) is 1. The first-order valence-corrected chi connectivity index (χ1v) is 5.49. The molecule has 0 aliphatic rings. The average Bonchev–Trinajstić information content (AvgIpc) is 1.96. The van der Waals surface area contributed by atoms with Crippen molar-refractivity contribution in [1.82, 2.24) is 5.32 Å². The number of halogens is 1. The van der Waals surface area contributed by atoms with Crippen LogP contribution in [0, 0.1) is 5.92 Å². The summed E-state index contributed by atoms with van der Waals surface area (Å²) in [4.78, 5) is 10.4. The minimum absolute atomic E-state index is 0.423. The second kappa shape index (κ2) is 6.51. The van der Waals surface area contributed by atoms with Gasteiger partial charge < -0.3 is 11.1 Å². The van der Waals surface area contributed by atoms with Gasteiger partial charge in [-0.1, -0.05) is 42.9 Å². The van der Waals surface area contributed by atoms with Crippen molar-refractivity contribution >= 4 is 28.6 Å². The molecule has 0 spiro atoms. The van der Waals surface area contributed by atoms with E-state index in [9.17, 15) is 4.79 Å². The van der Waals surface area contributed by atoms with Gasteiger partial charge in [0.05, 0.1) is 0 Å². The normalized spacial score (nSPS) is 15.2. The van der Waals surface area contributed by atoms with Crippen molar-refractivity contribution in [1.29, 1.82) is 0 Å². The number of carbonyl (C=O) groups is 1. The van der Waals surface area contributed by atoms with Gasteiger partial charge in [-0.15, -0.1) is 0 Å². The molecule has 0 heterocycles. The van der Waals surface area contributed by atoms with Gasteiger partial charge in [0.15, 0.2) is 0 Å². The fourth-order valence-corrected chi connectivity index (χ4v) is 1.71. The molecule has 72 valence electrons. The monoisotopic (exact) mass is 284 g/mol. The van der Waals surface area contributed by atoms with E-state index >= 15 is 0 Å². The lowest BCUT2D eigenvalue weighted by atomic mass is 10.0. The van der Waals surface area contributed by atoms with E-state index in [-0.39, 0.29) is 0 Å². The Morgan fingerprint density at radius 3 is 2.58 bits per heavy atom. The molecule has 2 amide bonds. The average molecular weight is 284 g/mol. The largest absolute Gasteiger partial charge is 0.352 e. The Bertz CT molecular complexity index is 139. The van der Waals surface area contributed by atoms with E-state index < -0.39 is 6.03 Å². The number of nitrogens with one attached hydrogen (secondary N) is 1. The number of hydrogen-bond acceptors (Lipinski definition) is 1. The lowest BCUT2D eigenvalue weighted by molar-refractivity contribution is 0.246. The molecule has 3 nitrogen and oxygen atoms in total. The van der Waals surface area contributed by atoms with Crippen LogP contribution >= 0.6 is 22.6 Å². The Kier molecular flexibility index (Phi) is 6.51. The lowest BCUT2D eigenvalue weighted by Crippen LogP contribution is -2.35. The summed E-state index contributed by atoms with van der Waals surface area (Å²) >= 11 is 2.38. The third-order valence-corrected chi connectivity index (χ3v) is 2.86. The number of carbonyl (C=O) groups excluding carboxylic acids is 1. The highest BCUT2D eigenvalue weighted by Crippen LogP contribution is 2.17. The molecule has 0 aliphatic heterocycles. The van der Waals surface area contributed by atoms with Crippen LogP contribution in [0.15, 0.2) is 0 Å². The van der Waals surface area contributed by atoms with E-state index in [1.165, 1.54) is 0 Å². The smallest absolute Gasteiger partial charge is 0.312 e. The number of primary amides is 1. The van der Waals surface area contributed by atoms with Crippen molar-refractivity contribution in [2.24, 2.45) is 11.7 Å². The third-order valence-electron chi connectivity index (χ3n) is 1.85. The molecule has 0 radical (unpaired) electrons. The molecular formula is C8H17IN2O. The Balaban J connectivity index is 3.70. The number of urea groups is 1. The van der Waals surface area contributed by atoms with Crippen molar-refractivity contribution < 1.29 is 4.79 Å². The minimum atomic E-state index is -0.423. The van der Waals surface area contributed by atoms with E-state index in [0.29, 0.717) is 16.4 Å². The Hall–Kier alpha value is 0. The van der Waals surface area contributed by atoms with E-state index in [4.69, 9.17) is 5.73 Å². The summed E-state index contributed by atoms with van der Waals surface area (Å²) in [6.07, 6.45) is 2.29. The molecule has 4 heteroatoms. The van der Waals surface area contributed by atoms with E-state index in [1.54, 1.807) is 0 Å². The summed E-state index contributed by atoms with van der Waals surface area (Å²) in [5.41, 5.74) is 4.98. The molecule has 0 rings (SSSR count). The maximum Gasteiger partial charge on any atom is 0.312 e. The Labute approximate surface area is 87.6 Å². The van der Waals surface area contributed by atoms with Crippen LogP contribution in [-0.4, -0.2) is 16.5 Å². The molecule has 0 aromatic rings. The predicted molar refractivity (Wildman–Crippen MR) is 59.5 cm³/mol. The van der Waals surface area contributed by atoms with Gasteiger partial charge in [-0.05, 0) is 12.3 Å². The topological polar surface area (TPSA) is 55.1 Å². The molecular weight excluding hydrogens is 267 g/mol. The van der Waals surface area contributed by atoms with E-state index in [0.717, 1.165) is 12.8 Å². The van der Waals surface area contributed by atoms with Crippen LogP contribution in [0.2, 0.25) is 0 Å². The van der Waals surface area contributed by atoms with Gasteiger partial charge in [0.25, 0.3) is 0 Å². The van der Waals surface area contributed by atoms with E-state index in [2.05, 4.69) is 41.8 Å². The maximum absolute atomic E-state index is 10.4. The fraction of sp³-hybridized carbons (Fsp3) is 0.875. The molecule has 2 atom stereocenters. The summed E-state index contributed by atoms with van der Waals surface area (Å²) in [5.74, 6) is 0.545. The van der Waals surface area contributed by atoms with Gasteiger partial charge in [-0.2, -0.15) is 0 Å². The highest BCUT2D eigenvalue weighted by Gasteiger charge is 2.13. The minimum Gasteiger partial charge on any atom is -0.352 e. The van der Waals surface area contributed by atoms with Crippen LogP contribution in [0.25, 0.3) is 0 Å². The second-order valence-electron chi connectivity index (χ2n) is 2.97. The second-order valence-corrected chi connectivity index (χ2v) is 4.94. The summed E-state index contributed by atoms with van der Waals surface area (Å²) in [5, 5.41) is 2.65. The molecule has 0 saturated carbocycles. The van der Waals surface area contributed by atoms with Gasteiger partial charge in [0.1, 0.15) is 0 Å². The first kappa shape index (κ1) is 12.0. The highest BCUT2D eigenvalue weighted by molar-refractivity contribution is 14.1. The first-order chi connectivity index (χ1) is 5.57. The van der Waals surface area contributed by atoms with Gasteiger partial charge in [0, 0.05) is 10.5 Å². The molecule has 0 fully saturated rings. The van der Waals surface area contributed by atoms with Crippen LogP contribution in [0.1, 0.15) is 26.7 Å². The number of hydrogen-bond donors (Lipinski definition) is 2. The number of alkyl halides is 1. The Morgan fingerprint density at radius 1 is 1.67 bits per heavy atom. The number of rotatable bonds is 5. The standard InChI is InChI=1S/C8H17IN2O/c1-3-4-7(6(2)9)5-11-8(10)12/h6-7H,3-5H2,1-2H3,(H3,10,11,12).